The van der Waals surface area contributed by atoms with Gasteiger partial charge in [0.25, 0.3) is 0 Å². The molecule has 23 heavy (non-hydrogen) atoms. The van der Waals surface area contributed by atoms with E-state index in [4.69, 9.17) is 0 Å². The van der Waals surface area contributed by atoms with E-state index in [2.05, 4.69) is 44.9 Å². The predicted octanol–water partition coefficient (Wildman–Crippen LogP) is 3.65. The fourth-order valence-electron chi connectivity index (χ4n) is 1.91. The Morgan fingerprint density at radius 2 is 2.00 bits per heavy atom. The molecule has 2 N–H and O–H groups in total. The molecule has 0 aliphatic carbocycles. The number of rotatable bonds is 8. The number of aromatic nitrogens is 1. The van der Waals surface area contributed by atoms with Crippen molar-refractivity contribution in [3.8, 4) is 0 Å². The van der Waals surface area contributed by atoms with Crippen LogP contribution in [0.3, 0.4) is 0 Å². The number of nitrogens with one attached hydrogen (secondary N) is 2. The minimum absolute atomic E-state index is 0. The summed E-state index contributed by atoms with van der Waals surface area (Å²) in [5.41, 5.74) is 1.34. The molecule has 4 nitrogen and oxygen atoms in total. The molecule has 2 aromatic rings. The van der Waals surface area contributed by atoms with E-state index in [-0.39, 0.29) is 24.0 Å². The second kappa shape index (κ2) is 12.6. The predicted molar refractivity (Wildman–Crippen MR) is 112 cm³/mol. The summed E-state index contributed by atoms with van der Waals surface area (Å²) in [4.78, 5) is 8.50. The fraction of sp³-hybridized carbons (Fsp3) is 0.375. The van der Waals surface area contributed by atoms with Gasteiger partial charge in [-0.05, 0) is 18.4 Å². The highest BCUT2D eigenvalue weighted by molar-refractivity contribution is 14.0. The summed E-state index contributed by atoms with van der Waals surface area (Å²) in [6.07, 6.45) is 3.94. The average Bonchev–Trinajstić information content (AvgIpc) is 3.07. The zero-order valence-electron chi connectivity index (χ0n) is 13.2. The van der Waals surface area contributed by atoms with Crippen LogP contribution in [0.2, 0.25) is 0 Å². The van der Waals surface area contributed by atoms with Crippen LogP contribution in [0.1, 0.15) is 12.0 Å². The Labute approximate surface area is 163 Å². The van der Waals surface area contributed by atoms with Gasteiger partial charge in [-0.25, -0.2) is 4.98 Å². The number of thioether (sulfide) groups is 1. The van der Waals surface area contributed by atoms with Gasteiger partial charge in [0.2, 0.25) is 0 Å². The van der Waals surface area contributed by atoms with Gasteiger partial charge in [-0.3, -0.25) is 4.99 Å². The van der Waals surface area contributed by atoms with Crippen LogP contribution < -0.4 is 10.6 Å². The van der Waals surface area contributed by atoms with E-state index in [1.807, 2.05) is 36.5 Å². The van der Waals surface area contributed by atoms with Crippen LogP contribution in [0.4, 0.5) is 0 Å². The van der Waals surface area contributed by atoms with Gasteiger partial charge < -0.3 is 10.6 Å². The van der Waals surface area contributed by atoms with Crippen molar-refractivity contribution >= 4 is 53.0 Å². The Balaban J connectivity index is 0.00000264. The number of guanidine groups is 1. The lowest BCUT2D eigenvalue weighted by Gasteiger charge is -2.11. The summed E-state index contributed by atoms with van der Waals surface area (Å²) < 4.78 is 1.14. The SMILES string of the molecule is CN=C(NCCCSc1nccs1)NCCc1ccccc1.I. The van der Waals surface area contributed by atoms with E-state index >= 15 is 0 Å². The fourth-order valence-corrected chi connectivity index (χ4v) is 3.56. The van der Waals surface area contributed by atoms with E-state index in [0.29, 0.717) is 0 Å². The van der Waals surface area contributed by atoms with Gasteiger partial charge in [-0.2, -0.15) is 0 Å². The van der Waals surface area contributed by atoms with Crippen molar-refractivity contribution in [3.05, 3.63) is 47.5 Å². The van der Waals surface area contributed by atoms with Crippen molar-refractivity contribution in [2.24, 2.45) is 4.99 Å². The summed E-state index contributed by atoms with van der Waals surface area (Å²) >= 11 is 3.50. The highest BCUT2D eigenvalue weighted by Crippen LogP contribution is 2.20. The largest absolute Gasteiger partial charge is 0.356 e. The summed E-state index contributed by atoms with van der Waals surface area (Å²) in [5.74, 6) is 1.94. The van der Waals surface area contributed by atoms with Crippen molar-refractivity contribution in [2.75, 3.05) is 25.9 Å². The first-order valence-corrected chi connectivity index (χ1v) is 9.26. The minimum Gasteiger partial charge on any atom is -0.356 e. The maximum atomic E-state index is 4.26. The standard InChI is InChI=1S/C16H22N4S2.HI/c1-17-15(19-10-8-14-6-3-2-4-7-14)18-9-5-12-21-16-20-11-13-22-16;/h2-4,6-7,11,13H,5,8-10,12H2,1H3,(H2,17,18,19);1H. The van der Waals surface area contributed by atoms with E-state index in [1.165, 1.54) is 5.56 Å². The highest BCUT2D eigenvalue weighted by atomic mass is 127. The van der Waals surface area contributed by atoms with Gasteiger partial charge in [0.1, 0.15) is 4.34 Å². The molecule has 1 aromatic carbocycles. The lowest BCUT2D eigenvalue weighted by Crippen LogP contribution is -2.38. The molecule has 1 aromatic heterocycles. The van der Waals surface area contributed by atoms with Gasteiger partial charge in [0.05, 0.1) is 0 Å². The first-order chi connectivity index (χ1) is 10.9. The van der Waals surface area contributed by atoms with Crippen LogP contribution in [-0.4, -0.2) is 36.8 Å². The summed E-state index contributed by atoms with van der Waals surface area (Å²) in [6, 6.07) is 10.5. The highest BCUT2D eigenvalue weighted by Gasteiger charge is 1.99. The third-order valence-corrected chi connectivity index (χ3v) is 5.07. The van der Waals surface area contributed by atoms with E-state index in [1.54, 1.807) is 11.3 Å². The molecule has 0 saturated carbocycles. The molecule has 1 heterocycles. The number of hydrogen-bond acceptors (Lipinski definition) is 4. The van der Waals surface area contributed by atoms with Gasteiger partial charge in [0.15, 0.2) is 5.96 Å². The average molecular weight is 462 g/mol. The Hall–Kier alpha value is -0.800. The Morgan fingerprint density at radius 3 is 2.70 bits per heavy atom. The Bertz CT molecular complexity index is 546. The molecule has 7 heteroatoms. The van der Waals surface area contributed by atoms with E-state index in [9.17, 15) is 0 Å². The zero-order valence-corrected chi connectivity index (χ0v) is 17.2. The summed E-state index contributed by atoms with van der Waals surface area (Å²) in [5, 5.41) is 8.70. The monoisotopic (exact) mass is 462 g/mol. The second-order valence-electron chi connectivity index (χ2n) is 4.66. The molecule has 0 spiro atoms. The second-order valence-corrected chi connectivity index (χ2v) is 6.90. The molecule has 2 rings (SSSR count). The van der Waals surface area contributed by atoms with Crippen LogP contribution in [0.25, 0.3) is 0 Å². The minimum atomic E-state index is 0. The summed E-state index contributed by atoms with van der Waals surface area (Å²) in [7, 11) is 1.81. The van der Waals surface area contributed by atoms with Gasteiger partial charge in [-0.15, -0.1) is 35.3 Å². The molecule has 0 radical (unpaired) electrons. The van der Waals surface area contributed by atoms with Gasteiger partial charge in [-0.1, -0.05) is 42.1 Å². The van der Waals surface area contributed by atoms with Crippen molar-refractivity contribution in [3.63, 3.8) is 0 Å². The first-order valence-electron chi connectivity index (χ1n) is 7.39. The van der Waals surface area contributed by atoms with Crippen LogP contribution in [-0.2, 0) is 6.42 Å². The Morgan fingerprint density at radius 1 is 1.22 bits per heavy atom. The molecule has 0 fully saturated rings. The third-order valence-electron chi connectivity index (χ3n) is 3.02. The first kappa shape index (κ1) is 20.2. The van der Waals surface area contributed by atoms with Gasteiger partial charge in [0, 0.05) is 37.5 Å². The molecular weight excluding hydrogens is 439 g/mol. The lowest BCUT2D eigenvalue weighted by atomic mass is 10.1. The number of hydrogen-bond donors (Lipinski definition) is 2. The zero-order chi connectivity index (χ0) is 15.5. The van der Waals surface area contributed by atoms with E-state index in [0.717, 1.165) is 42.0 Å². The third kappa shape index (κ3) is 8.57. The Kier molecular flexibility index (Phi) is 11.1. The van der Waals surface area contributed by atoms with Crippen LogP contribution in [0.5, 0.6) is 0 Å². The molecule has 0 aliphatic heterocycles. The van der Waals surface area contributed by atoms with Crippen molar-refractivity contribution < 1.29 is 0 Å². The van der Waals surface area contributed by atoms with Crippen LogP contribution in [0.15, 0.2) is 51.2 Å². The quantitative estimate of drug-likeness (QED) is 0.207. The normalized spacial score (nSPS) is 10.9. The molecule has 0 atom stereocenters. The molecular formula is C16H23IN4S2. The molecule has 0 bridgehead atoms. The van der Waals surface area contributed by atoms with Gasteiger partial charge >= 0.3 is 0 Å². The smallest absolute Gasteiger partial charge is 0.190 e. The topological polar surface area (TPSA) is 49.3 Å². The molecule has 0 amide bonds. The van der Waals surface area contributed by atoms with Crippen molar-refractivity contribution in [1.29, 1.82) is 0 Å². The molecule has 0 saturated heterocycles. The number of thiazole rings is 1. The van der Waals surface area contributed by atoms with Crippen molar-refractivity contribution in [1.82, 2.24) is 15.6 Å². The number of aliphatic imine (C=N–C) groups is 1. The summed E-state index contributed by atoms with van der Waals surface area (Å²) in [6.45, 7) is 1.81. The number of halogens is 1. The number of nitrogens with zero attached hydrogens (tertiary/aromatic N) is 2. The van der Waals surface area contributed by atoms with Crippen LogP contribution >= 0.6 is 47.1 Å². The van der Waals surface area contributed by atoms with E-state index < -0.39 is 0 Å². The number of benzene rings is 1. The maximum absolute atomic E-state index is 4.26. The maximum Gasteiger partial charge on any atom is 0.190 e. The molecule has 0 unspecified atom stereocenters. The lowest BCUT2D eigenvalue weighted by molar-refractivity contribution is 0.777. The van der Waals surface area contributed by atoms with Crippen molar-refractivity contribution in [2.45, 2.75) is 17.2 Å². The van der Waals surface area contributed by atoms with Crippen LogP contribution in [0, 0.1) is 0 Å². The molecule has 126 valence electrons. The molecule has 0 aliphatic rings.